The van der Waals surface area contributed by atoms with Crippen LogP contribution in [0.15, 0.2) is 61.5 Å². The van der Waals surface area contributed by atoms with Crippen molar-refractivity contribution >= 4 is 50.0 Å². The van der Waals surface area contributed by atoms with Gasteiger partial charge in [-0.25, -0.2) is 9.79 Å². The Bertz CT molecular complexity index is 1380. The molecular weight excluding hydrogens is 508 g/mol. The van der Waals surface area contributed by atoms with Gasteiger partial charge in [-0.15, -0.1) is 0 Å². The highest BCUT2D eigenvalue weighted by atomic mass is 79.9. The van der Waals surface area contributed by atoms with E-state index in [9.17, 15) is 19.5 Å². The van der Waals surface area contributed by atoms with Crippen molar-refractivity contribution < 1.29 is 9.90 Å². The van der Waals surface area contributed by atoms with Crippen molar-refractivity contribution in [3.05, 3.63) is 84.5 Å². The van der Waals surface area contributed by atoms with Gasteiger partial charge in [0.15, 0.2) is 0 Å². The van der Waals surface area contributed by atoms with Crippen molar-refractivity contribution in [2.45, 2.75) is 13.8 Å². The Morgan fingerprint density at radius 3 is 2.45 bits per heavy atom. The molecule has 0 spiro atoms. The van der Waals surface area contributed by atoms with E-state index in [-0.39, 0.29) is 22.3 Å². The fourth-order valence-corrected chi connectivity index (χ4v) is 4.46. The third-order valence-corrected chi connectivity index (χ3v) is 6.45. The third-order valence-electron chi connectivity index (χ3n) is 4.82. The van der Waals surface area contributed by atoms with E-state index in [1.165, 1.54) is 14.1 Å². The molecule has 0 radical (unpaired) electrons. The molecule has 172 valence electrons. The molecule has 0 aliphatic rings. The molecule has 33 heavy (non-hydrogen) atoms. The third kappa shape index (κ3) is 5.63. The van der Waals surface area contributed by atoms with Crippen LogP contribution in [0.3, 0.4) is 0 Å². The number of anilines is 1. The molecule has 0 saturated heterocycles. The van der Waals surface area contributed by atoms with E-state index < -0.39 is 17.1 Å². The van der Waals surface area contributed by atoms with E-state index in [2.05, 4.69) is 26.2 Å². The van der Waals surface area contributed by atoms with Crippen LogP contribution in [0.1, 0.15) is 16.7 Å². The Hall–Kier alpha value is -3.11. The van der Waals surface area contributed by atoms with Crippen molar-refractivity contribution in [3.8, 4) is 5.88 Å². The van der Waals surface area contributed by atoms with Gasteiger partial charge in [0, 0.05) is 18.6 Å². The lowest BCUT2D eigenvalue weighted by Gasteiger charge is -2.13. The largest absolute Gasteiger partial charge is 0.494 e. The summed E-state index contributed by atoms with van der Waals surface area (Å²) >= 11 is 4.43. The summed E-state index contributed by atoms with van der Waals surface area (Å²) in [4.78, 5) is 42.2. The van der Waals surface area contributed by atoms with Gasteiger partial charge in [-0.05, 0) is 65.2 Å². The molecule has 1 aromatic heterocycles. The smallest absolute Gasteiger partial charge is 0.333 e. The highest BCUT2D eigenvalue weighted by Gasteiger charge is 2.22. The van der Waals surface area contributed by atoms with Crippen LogP contribution in [-0.2, 0) is 18.9 Å². The standard InChI is InChI=1S/C23H23BrN4O4S/c1-13-6-5-7-15(10-13)25-20(19-21(30)27(3)23(32)28(4)22(19)31)33-12-18(29)26-17-9-8-14(2)11-16(17)24/h5-11,30H,12H2,1-4H3,(H,26,29). The van der Waals surface area contributed by atoms with Crippen molar-refractivity contribution in [2.75, 3.05) is 11.1 Å². The number of halogens is 1. The van der Waals surface area contributed by atoms with Gasteiger partial charge in [0.25, 0.3) is 5.56 Å². The lowest BCUT2D eigenvalue weighted by molar-refractivity contribution is -0.113. The topological polar surface area (TPSA) is 106 Å². The Morgan fingerprint density at radius 2 is 1.79 bits per heavy atom. The number of amides is 1. The number of carbonyl (C=O) groups is 1. The maximum atomic E-state index is 12.9. The first-order chi connectivity index (χ1) is 15.6. The molecule has 2 N–H and O–H groups in total. The van der Waals surface area contributed by atoms with Crippen LogP contribution in [0.25, 0.3) is 0 Å². The summed E-state index contributed by atoms with van der Waals surface area (Å²) in [5.74, 6) is -0.900. The van der Waals surface area contributed by atoms with Gasteiger partial charge in [0.1, 0.15) is 10.6 Å². The van der Waals surface area contributed by atoms with Crippen molar-refractivity contribution in [1.29, 1.82) is 0 Å². The van der Waals surface area contributed by atoms with Crippen molar-refractivity contribution in [3.63, 3.8) is 0 Å². The van der Waals surface area contributed by atoms with E-state index >= 15 is 0 Å². The minimum atomic E-state index is -0.698. The van der Waals surface area contributed by atoms with Crippen LogP contribution < -0.4 is 16.6 Å². The summed E-state index contributed by atoms with van der Waals surface area (Å²) in [5.41, 5.74) is 1.66. The summed E-state index contributed by atoms with van der Waals surface area (Å²) in [6.07, 6.45) is 0. The van der Waals surface area contributed by atoms with Crippen molar-refractivity contribution in [2.24, 2.45) is 19.1 Å². The second-order valence-electron chi connectivity index (χ2n) is 7.48. The maximum Gasteiger partial charge on any atom is 0.333 e. The predicted molar refractivity (Wildman–Crippen MR) is 136 cm³/mol. The number of aryl methyl sites for hydroxylation is 2. The fraction of sp³-hybridized carbons (Fsp3) is 0.217. The molecule has 1 heterocycles. The number of aromatic hydroxyl groups is 1. The van der Waals surface area contributed by atoms with Gasteiger partial charge in [0.2, 0.25) is 11.8 Å². The van der Waals surface area contributed by atoms with Gasteiger partial charge in [0.05, 0.1) is 17.1 Å². The van der Waals surface area contributed by atoms with Gasteiger partial charge >= 0.3 is 5.69 Å². The molecule has 0 unspecified atom stereocenters. The van der Waals surface area contributed by atoms with Gasteiger partial charge < -0.3 is 10.4 Å². The van der Waals surface area contributed by atoms with Crippen LogP contribution >= 0.6 is 27.7 Å². The number of aromatic nitrogens is 2. The second kappa shape index (κ2) is 10.2. The zero-order valence-electron chi connectivity index (χ0n) is 18.5. The minimum absolute atomic E-state index is 0.0730. The molecule has 10 heteroatoms. The lowest BCUT2D eigenvalue weighted by atomic mass is 10.2. The molecular formula is C23H23BrN4O4S. The summed E-state index contributed by atoms with van der Waals surface area (Å²) in [7, 11) is 2.68. The molecule has 2 aromatic carbocycles. The Kier molecular flexibility index (Phi) is 7.60. The molecule has 8 nitrogen and oxygen atoms in total. The molecule has 0 atom stereocenters. The lowest BCUT2D eigenvalue weighted by Crippen LogP contribution is -2.39. The SMILES string of the molecule is Cc1cccc(N=C(SCC(=O)Nc2ccc(C)cc2Br)c2c(O)n(C)c(=O)n(C)c2=O)c1. The second-order valence-corrected chi connectivity index (χ2v) is 9.30. The Morgan fingerprint density at radius 1 is 1.09 bits per heavy atom. The Balaban J connectivity index is 1.98. The van der Waals surface area contributed by atoms with E-state index in [1.54, 1.807) is 12.1 Å². The van der Waals surface area contributed by atoms with Gasteiger partial charge in [-0.2, -0.15) is 0 Å². The van der Waals surface area contributed by atoms with E-state index in [4.69, 9.17) is 0 Å². The first kappa shape index (κ1) is 24.5. The quantitative estimate of drug-likeness (QED) is 0.387. The summed E-state index contributed by atoms with van der Waals surface area (Å²) in [6, 6.07) is 12.8. The van der Waals surface area contributed by atoms with Crippen LogP contribution in [0.5, 0.6) is 5.88 Å². The van der Waals surface area contributed by atoms with E-state index in [1.807, 2.05) is 44.2 Å². The zero-order chi connectivity index (χ0) is 24.3. The molecule has 0 saturated carbocycles. The number of aliphatic imine (C=N–C) groups is 1. The fourth-order valence-electron chi connectivity index (χ4n) is 3.04. The summed E-state index contributed by atoms with van der Waals surface area (Å²) in [6.45, 7) is 3.85. The monoisotopic (exact) mass is 530 g/mol. The molecule has 0 fully saturated rings. The number of nitrogens with one attached hydrogen (secondary N) is 1. The van der Waals surface area contributed by atoms with Crippen molar-refractivity contribution in [1.82, 2.24) is 9.13 Å². The molecule has 1 amide bonds. The minimum Gasteiger partial charge on any atom is -0.494 e. The molecule has 3 rings (SSSR count). The zero-order valence-corrected chi connectivity index (χ0v) is 21.0. The van der Waals surface area contributed by atoms with Gasteiger partial charge in [-0.1, -0.05) is 30.0 Å². The van der Waals surface area contributed by atoms with Crippen LogP contribution in [0.4, 0.5) is 11.4 Å². The number of thioether (sulfide) groups is 1. The normalized spacial score (nSPS) is 11.5. The van der Waals surface area contributed by atoms with E-state index in [0.29, 0.717) is 11.4 Å². The number of hydrogen-bond acceptors (Lipinski definition) is 6. The van der Waals surface area contributed by atoms with Crippen LogP contribution in [0.2, 0.25) is 0 Å². The first-order valence-corrected chi connectivity index (χ1v) is 11.7. The number of benzene rings is 2. The average molecular weight is 531 g/mol. The Labute approximate surface area is 203 Å². The number of hydrogen-bond donors (Lipinski definition) is 2. The molecule has 0 aliphatic heterocycles. The van der Waals surface area contributed by atoms with Gasteiger partial charge in [-0.3, -0.25) is 18.7 Å². The highest BCUT2D eigenvalue weighted by Crippen LogP contribution is 2.26. The predicted octanol–water partition coefficient (Wildman–Crippen LogP) is 3.62. The van der Waals surface area contributed by atoms with Crippen LogP contribution in [0, 0.1) is 13.8 Å². The number of rotatable bonds is 5. The maximum absolute atomic E-state index is 12.9. The molecule has 0 aliphatic carbocycles. The first-order valence-electron chi connectivity index (χ1n) is 9.92. The number of carbonyl (C=O) groups excluding carboxylic acids is 1. The average Bonchev–Trinajstić information content (AvgIpc) is 2.76. The summed E-state index contributed by atoms with van der Waals surface area (Å²) in [5, 5.41) is 13.5. The summed E-state index contributed by atoms with van der Waals surface area (Å²) < 4.78 is 2.61. The van der Waals surface area contributed by atoms with E-state index in [0.717, 1.165) is 36.5 Å². The molecule has 0 bridgehead atoms. The number of nitrogens with zero attached hydrogens (tertiary/aromatic N) is 3. The highest BCUT2D eigenvalue weighted by molar-refractivity contribution is 9.10. The molecule has 3 aromatic rings. The van der Waals surface area contributed by atoms with Crippen LogP contribution in [-0.4, -0.2) is 30.9 Å².